The number of methoxy groups -OCH3 is 1. The molecule has 0 bridgehead atoms. The fourth-order valence-corrected chi connectivity index (χ4v) is 4.18. The van der Waals surface area contributed by atoms with Gasteiger partial charge >= 0.3 is 0 Å². The predicted molar refractivity (Wildman–Crippen MR) is 73.6 cm³/mol. The summed E-state index contributed by atoms with van der Waals surface area (Å²) in [5.41, 5.74) is 5.30. The molecule has 1 fully saturated rings. The lowest BCUT2D eigenvalue weighted by Crippen LogP contribution is -2.32. The number of benzene rings is 1. The average molecular weight is 298 g/mol. The molecule has 1 aromatic carbocycles. The SMILES string of the molecule is COc1ccccc1S(=O)(=O)N1C[C@@H](C)[C@H](C(N)=O)C1. The van der Waals surface area contributed by atoms with Gasteiger partial charge in [-0.1, -0.05) is 19.1 Å². The minimum atomic E-state index is -3.68. The number of primary amides is 1. The van der Waals surface area contributed by atoms with Gasteiger partial charge in [-0.05, 0) is 18.1 Å². The first-order chi connectivity index (χ1) is 9.37. The normalized spacial score (nSPS) is 23.7. The first-order valence-electron chi connectivity index (χ1n) is 6.30. The van der Waals surface area contributed by atoms with Gasteiger partial charge in [-0.25, -0.2) is 8.42 Å². The highest BCUT2D eigenvalue weighted by atomic mass is 32.2. The van der Waals surface area contributed by atoms with Crippen LogP contribution in [0.15, 0.2) is 29.2 Å². The topological polar surface area (TPSA) is 89.7 Å². The number of para-hydroxylation sites is 1. The summed E-state index contributed by atoms with van der Waals surface area (Å²) in [6, 6.07) is 6.44. The molecule has 6 nitrogen and oxygen atoms in total. The van der Waals surface area contributed by atoms with E-state index in [-0.39, 0.29) is 23.9 Å². The molecule has 1 aliphatic rings. The van der Waals surface area contributed by atoms with Crippen LogP contribution in [0, 0.1) is 11.8 Å². The van der Waals surface area contributed by atoms with Gasteiger partial charge in [0.05, 0.1) is 13.0 Å². The lowest BCUT2D eigenvalue weighted by Gasteiger charge is -2.17. The number of hydrogen-bond donors (Lipinski definition) is 1. The molecule has 0 aromatic heterocycles. The fraction of sp³-hybridized carbons (Fsp3) is 0.462. The van der Waals surface area contributed by atoms with E-state index in [2.05, 4.69) is 0 Å². The van der Waals surface area contributed by atoms with E-state index in [1.54, 1.807) is 18.2 Å². The Hall–Kier alpha value is -1.60. The summed E-state index contributed by atoms with van der Waals surface area (Å²) in [5.74, 6) is -0.700. The van der Waals surface area contributed by atoms with Gasteiger partial charge in [0.1, 0.15) is 10.6 Å². The zero-order chi connectivity index (χ0) is 14.9. The maximum absolute atomic E-state index is 12.6. The van der Waals surface area contributed by atoms with E-state index in [1.165, 1.54) is 17.5 Å². The molecule has 1 heterocycles. The number of sulfonamides is 1. The molecule has 1 aliphatic heterocycles. The molecule has 0 radical (unpaired) electrons. The van der Waals surface area contributed by atoms with Crippen molar-refractivity contribution in [3.63, 3.8) is 0 Å². The Morgan fingerprint density at radius 1 is 1.35 bits per heavy atom. The third-order valence-electron chi connectivity index (χ3n) is 3.63. The number of nitrogens with two attached hydrogens (primary N) is 1. The third kappa shape index (κ3) is 2.51. The number of hydrogen-bond acceptors (Lipinski definition) is 4. The minimum absolute atomic E-state index is 0.0861. The van der Waals surface area contributed by atoms with Crippen LogP contribution in [0.2, 0.25) is 0 Å². The molecule has 0 saturated carbocycles. The van der Waals surface area contributed by atoms with Gasteiger partial charge in [0.2, 0.25) is 15.9 Å². The number of amides is 1. The smallest absolute Gasteiger partial charge is 0.246 e. The van der Waals surface area contributed by atoms with Crippen LogP contribution in [0.4, 0.5) is 0 Å². The molecule has 0 aliphatic carbocycles. The van der Waals surface area contributed by atoms with Crippen LogP contribution in [-0.4, -0.2) is 38.8 Å². The van der Waals surface area contributed by atoms with Crippen molar-refractivity contribution >= 4 is 15.9 Å². The van der Waals surface area contributed by atoms with Gasteiger partial charge in [0.15, 0.2) is 0 Å². The van der Waals surface area contributed by atoms with E-state index in [0.717, 1.165) is 0 Å². The standard InChI is InChI=1S/C13H18N2O4S/c1-9-7-15(8-10(9)13(14)16)20(17,18)12-6-4-3-5-11(12)19-2/h3-6,9-10H,7-8H2,1-2H3,(H2,14,16)/t9-,10-/m1/s1. The van der Waals surface area contributed by atoms with E-state index in [9.17, 15) is 13.2 Å². The number of carbonyl (C=O) groups excluding carboxylic acids is 1. The highest BCUT2D eigenvalue weighted by molar-refractivity contribution is 7.89. The van der Waals surface area contributed by atoms with E-state index in [0.29, 0.717) is 5.75 Å². The maximum Gasteiger partial charge on any atom is 0.246 e. The minimum Gasteiger partial charge on any atom is -0.495 e. The first kappa shape index (κ1) is 14.8. The Kier molecular flexibility index (Phi) is 4.01. The Bertz CT molecular complexity index is 615. The molecule has 2 atom stereocenters. The predicted octanol–water partition coefficient (Wildman–Crippen LogP) is 0.437. The Labute approximate surface area is 118 Å². The molecule has 1 amide bonds. The quantitative estimate of drug-likeness (QED) is 0.873. The van der Waals surface area contributed by atoms with Gasteiger partial charge in [0, 0.05) is 13.1 Å². The average Bonchev–Trinajstić information content (AvgIpc) is 2.81. The van der Waals surface area contributed by atoms with Crippen molar-refractivity contribution in [3.8, 4) is 5.75 Å². The molecule has 0 unspecified atom stereocenters. The maximum atomic E-state index is 12.6. The zero-order valence-electron chi connectivity index (χ0n) is 11.4. The van der Waals surface area contributed by atoms with Crippen molar-refractivity contribution in [2.75, 3.05) is 20.2 Å². The summed E-state index contributed by atoms with van der Waals surface area (Å²) in [6.07, 6.45) is 0. The molecule has 1 saturated heterocycles. The van der Waals surface area contributed by atoms with Crippen LogP contribution >= 0.6 is 0 Å². The van der Waals surface area contributed by atoms with Crippen molar-refractivity contribution in [1.82, 2.24) is 4.31 Å². The highest BCUT2D eigenvalue weighted by Crippen LogP contribution is 2.32. The summed E-state index contributed by atoms with van der Waals surface area (Å²) < 4.78 is 31.6. The first-order valence-corrected chi connectivity index (χ1v) is 7.74. The Morgan fingerprint density at radius 3 is 2.55 bits per heavy atom. The van der Waals surface area contributed by atoms with Gasteiger partial charge in [0.25, 0.3) is 0 Å². The van der Waals surface area contributed by atoms with E-state index >= 15 is 0 Å². The summed E-state index contributed by atoms with van der Waals surface area (Å²) >= 11 is 0. The molecule has 7 heteroatoms. The van der Waals surface area contributed by atoms with E-state index in [4.69, 9.17) is 10.5 Å². The molecular weight excluding hydrogens is 280 g/mol. The van der Waals surface area contributed by atoms with E-state index in [1.807, 2.05) is 6.92 Å². The van der Waals surface area contributed by atoms with Crippen molar-refractivity contribution < 1.29 is 17.9 Å². The third-order valence-corrected chi connectivity index (χ3v) is 5.50. The van der Waals surface area contributed by atoms with Crippen LogP contribution < -0.4 is 10.5 Å². The summed E-state index contributed by atoms with van der Waals surface area (Å²) in [4.78, 5) is 11.4. The van der Waals surface area contributed by atoms with Gasteiger partial charge in [-0.2, -0.15) is 4.31 Å². The summed E-state index contributed by atoms with van der Waals surface area (Å²) in [5, 5.41) is 0. The van der Waals surface area contributed by atoms with Gasteiger partial charge in [-0.15, -0.1) is 0 Å². The van der Waals surface area contributed by atoms with Gasteiger partial charge < -0.3 is 10.5 Å². The lowest BCUT2D eigenvalue weighted by atomic mass is 9.98. The van der Waals surface area contributed by atoms with E-state index < -0.39 is 21.8 Å². The van der Waals surface area contributed by atoms with Gasteiger partial charge in [-0.3, -0.25) is 4.79 Å². The van der Waals surface area contributed by atoms with Crippen molar-refractivity contribution in [3.05, 3.63) is 24.3 Å². The monoisotopic (exact) mass is 298 g/mol. The number of carbonyl (C=O) groups is 1. The second kappa shape index (κ2) is 5.41. The van der Waals surface area contributed by atoms with Crippen LogP contribution in [-0.2, 0) is 14.8 Å². The number of nitrogens with zero attached hydrogens (tertiary/aromatic N) is 1. The van der Waals surface area contributed by atoms with Crippen molar-refractivity contribution in [1.29, 1.82) is 0 Å². The molecule has 0 spiro atoms. The summed E-state index contributed by atoms with van der Waals surface area (Å²) in [6.45, 7) is 2.23. The molecule has 2 N–H and O–H groups in total. The van der Waals surface area contributed by atoms with Crippen LogP contribution in [0.5, 0.6) is 5.75 Å². The molecule has 1 aromatic rings. The number of ether oxygens (including phenoxy) is 1. The lowest BCUT2D eigenvalue weighted by molar-refractivity contribution is -0.122. The zero-order valence-corrected chi connectivity index (χ0v) is 12.3. The van der Waals surface area contributed by atoms with Crippen molar-refractivity contribution in [2.24, 2.45) is 17.6 Å². The molecule has 2 rings (SSSR count). The second-order valence-electron chi connectivity index (χ2n) is 4.96. The summed E-state index contributed by atoms with van der Waals surface area (Å²) in [7, 11) is -2.26. The van der Waals surface area contributed by atoms with Crippen molar-refractivity contribution in [2.45, 2.75) is 11.8 Å². The molecular formula is C13H18N2O4S. The molecule has 110 valence electrons. The number of rotatable bonds is 4. The Balaban J connectivity index is 2.35. The second-order valence-corrected chi connectivity index (χ2v) is 6.87. The van der Waals surface area contributed by atoms with Crippen LogP contribution in [0.1, 0.15) is 6.92 Å². The van der Waals surface area contributed by atoms with Crippen LogP contribution in [0.25, 0.3) is 0 Å². The highest BCUT2D eigenvalue weighted by Gasteiger charge is 2.40. The van der Waals surface area contributed by atoms with Crippen LogP contribution in [0.3, 0.4) is 0 Å². The molecule has 20 heavy (non-hydrogen) atoms. The Morgan fingerprint density at radius 2 is 2.00 bits per heavy atom. The fourth-order valence-electron chi connectivity index (χ4n) is 2.46. The largest absolute Gasteiger partial charge is 0.495 e.